The van der Waals surface area contributed by atoms with Crippen molar-refractivity contribution in [1.29, 1.82) is 0 Å². The predicted molar refractivity (Wildman–Crippen MR) is 357 cm³/mol. The van der Waals surface area contributed by atoms with E-state index in [-0.39, 0.29) is 0 Å². The maximum absolute atomic E-state index is 6.90. The maximum atomic E-state index is 6.90. The van der Waals surface area contributed by atoms with Crippen LogP contribution >= 0.6 is 0 Å². The molecule has 18 rings (SSSR count). The first-order valence-corrected chi connectivity index (χ1v) is 29.2. The highest BCUT2D eigenvalue weighted by molar-refractivity contribution is 6.32. The van der Waals surface area contributed by atoms with Gasteiger partial charge in [-0.25, -0.2) is 0 Å². The second-order valence-electron chi connectivity index (χ2n) is 22.6. The van der Waals surface area contributed by atoms with Gasteiger partial charge in [0, 0.05) is 89.0 Å². The predicted octanol–water partition coefficient (Wildman–Crippen LogP) is 21.5. The first-order chi connectivity index (χ1) is 42.5. The lowest BCUT2D eigenvalue weighted by Gasteiger charge is -2.27. The van der Waals surface area contributed by atoms with E-state index in [0.29, 0.717) is 0 Å². The van der Waals surface area contributed by atoms with Gasteiger partial charge in [0.2, 0.25) is 0 Å². The molecule has 6 aromatic heterocycles. The number of furan rings is 2. The summed E-state index contributed by atoms with van der Waals surface area (Å²) < 4.78 is 18.7. The lowest BCUT2D eigenvalue weighted by atomic mass is 9.99. The monoisotopic (exact) mass is 1100 g/mol. The molecule has 404 valence electrons. The molecular formula is C78H50N6O2. The number of aromatic nitrogens is 4. The highest BCUT2D eigenvalue weighted by Gasteiger charge is 2.29. The third-order valence-corrected chi connectivity index (χ3v) is 17.6. The van der Waals surface area contributed by atoms with Gasteiger partial charge in [-0.1, -0.05) is 133 Å². The first kappa shape index (κ1) is 48.1. The maximum Gasteiger partial charge on any atom is 0.159 e. The fraction of sp³-hybridized carbons (Fsp3) is 0.0256. The number of para-hydroxylation sites is 6. The summed E-state index contributed by atoms with van der Waals surface area (Å²) in [4.78, 5) is 14.4. The van der Waals surface area contributed by atoms with E-state index in [1.807, 2.05) is 36.7 Å². The Balaban J connectivity index is 0.967. The molecule has 0 bridgehead atoms. The zero-order valence-corrected chi connectivity index (χ0v) is 46.9. The molecule has 8 nitrogen and oxygen atoms in total. The number of anilines is 6. The normalized spacial score (nSPS) is 12.1. The van der Waals surface area contributed by atoms with Crippen molar-refractivity contribution in [3.8, 4) is 11.4 Å². The van der Waals surface area contributed by atoms with Gasteiger partial charge in [0.05, 0.1) is 55.8 Å². The van der Waals surface area contributed by atoms with Crippen LogP contribution in [-0.2, 0) is 0 Å². The summed E-state index contributed by atoms with van der Waals surface area (Å²) in [6, 6.07) is 92.0. The first-order valence-electron chi connectivity index (χ1n) is 29.2. The Morgan fingerprint density at radius 1 is 0.326 bits per heavy atom. The number of benzene rings is 12. The molecule has 18 aromatic rings. The van der Waals surface area contributed by atoms with Gasteiger partial charge < -0.3 is 27.8 Å². The summed E-state index contributed by atoms with van der Waals surface area (Å²) in [6.45, 7) is 4.32. The molecule has 6 heterocycles. The molecule has 0 aliphatic rings. The molecule has 0 amide bonds. The molecule has 0 atom stereocenters. The smallest absolute Gasteiger partial charge is 0.159 e. The van der Waals surface area contributed by atoms with Crippen LogP contribution in [0.3, 0.4) is 0 Å². The average molecular weight is 1100 g/mol. The van der Waals surface area contributed by atoms with E-state index < -0.39 is 0 Å². The van der Waals surface area contributed by atoms with Crippen LogP contribution in [-0.4, -0.2) is 19.1 Å². The molecular weight excluding hydrogens is 1050 g/mol. The van der Waals surface area contributed by atoms with Crippen molar-refractivity contribution in [2.45, 2.75) is 13.8 Å². The van der Waals surface area contributed by atoms with Crippen LogP contribution in [0.25, 0.3) is 131 Å². The van der Waals surface area contributed by atoms with Crippen LogP contribution in [0, 0.1) is 13.8 Å². The van der Waals surface area contributed by atoms with Crippen LogP contribution in [0.2, 0.25) is 0 Å². The zero-order chi connectivity index (χ0) is 56.7. The van der Waals surface area contributed by atoms with Crippen LogP contribution in [0.1, 0.15) is 11.1 Å². The minimum Gasteiger partial charge on any atom is -0.454 e. The van der Waals surface area contributed by atoms with Gasteiger partial charge in [-0.2, -0.15) is 0 Å². The minimum atomic E-state index is 0.827. The lowest BCUT2D eigenvalue weighted by Crippen LogP contribution is -2.12. The largest absolute Gasteiger partial charge is 0.454 e. The number of pyridine rings is 2. The number of hydrogen-bond donors (Lipinski definition) is 0. The van der Waals surface area contributed by atoms with Crippen molar-refractivity contribution >= 4 is 154 Å². The highest BCUT2D eigenvalue weighted by Crippen LogP contribution is 2.52. The standard InChI is InChI=1S/C78H50N6O2/c1-47-15-7-19-51(43-47)81(69-29-9-23-59-55-21-3-5-31-71(55)85-77(59)69)67-27-11-25-61-73-57-36-40-66-74(58(57)35-39-65(73)83(75(61)67)53-33-37-63-49(45-53)17-13-41-79-63)62-26-12-28-68(76(62)84(66)54-34-38-64-50(46-54)18-14-42-80-64)82(52-20-8-16-48(2)44-52)70-30-10-24-60-56-22-4-6-32-72(56)86-78(60)70/h3-46H,1-2H3. The van der Waals surface area contributed by atoms with E-state index in [1.54, 1.807) is 0 Å². The Kier molecular flexibility index (Phi) is 10.4. The van der Waals surface area contributed by atoms with Gasteiger partial charge in [0.25, 0.3) is 0 Å². The number of nitrogens with zero attached hydrogens (tertiary/aromatic N) is 6. The number of hydrogen-bond acceptors (Lipinski definition) is 6. The van der Waals surface area contributed by atoms with E-state index in [2.05, 4.69) is 263 Å². The van der Waals surface area contributed by atoms with Crippen LogP contribution in [0.5, 0.6) is 0 Å². The van der Waals surface area contributed by atoms with Gasteiger partial charge in [-0.15, -0.1) is 0 Å². The second kappa shape index (κ2) is 18.5. The molecule has 0 spiro atoms. The van der Waals surface area contributed by atoms with Crippen LogP contribution in [0.4, 0.5) is 34.1 Å². The van der Waals surface area contributed by atoms with E-state index in [1.165, 1.54) is 0 Å². The van der Waals surface area contributed by atoms with Gasteiger partial charge in [-0.05, 0) is 157 Å². The van der Waals surface area contributed by atoms with E-state index in [9.17, 15) is 0 Å². The van der Waals surface area contributed by atoms with Gasteiger partial charge >= 0.3 is 0 Å². The third-order valence-electron chi connectivity index (χ3n) is 17.6. The van der Waals surface area contributed by atoms with E-state index in [0.717, 1.165) is 177 Å². The summed E-state index contributed by atoms with van der Waals surface area (Å²) in [5.41, 5.74) is 19.9. The number of rotatable bonds is 8. The van der Waals surface area contributed by atoms with Crippen molar-refractivity contribution in [3.63, 3.8) is 0 Å². The van der Waals surface area contributed by atoms with Crippen molar-refractivity contribution in [2.24, 2.45) is 0 Å². The molecule has 0 fully saturated rings. The molecule has 0 aliphatic heterocycles. The van der Waals surface area contributed by atoms with Crippen molar-refractivity contribution in [2.75, 3.05) is 9.80 Å². The Labute approximate surface area is 492 Å². The van der Waals surface area contributed by atoms with E-state index >= 15 is 0 Å². The van der Waals surface area contributed by atoms with Crippen molar-refractivity contribution in [3.05, 3.63) is 278 Å². The van der Waals surface area contributed by atoms with Crippen molar-refractivity contribution < 1.29 is 8.83 Å². The van der Waals surface area contributed by atoms with Gasteiger partial charge in [0.1, 0.15) is 11.2 Å². The molecule has 0 N–H and O–H groups in total. The second-order valence-corrected chi connectivity index (χ2v) is 22.6. The summed E-state index contributed by atoms with van der Waals surface area (Å²) in [5, 5.41) is 13.3. The molecule has 0 aliphatic carbocycles. The molecule has 8 heteroatoms. The fourth-order valence-electron chi connectivity index (χ4n) is 14.0. The topological polar surface area (TPSA) is 68.4 Å². The van der Waals surface area contributed by atoms with E-state index in [4.69, 9.17) is 18.8 Å². The van der Waals surface area contributed by atoms with Gasteiger partial charge in [0.15, 0.2) is 11.2 Å². The minimum absolute atomic E-state index is 0.827. The summed E-state index contributed by atoms with van der Waals surface area (Å²) >= 11 is 0. The summed E-state index contributed by atoms with van der Waals surface area (Å²) in [7, 11) is 0. The highest BCUT2D eigenvalue weighted by atomic mass is 16.3. The Bertz CT molecular complexity index is 5500. The van der Waals surface area contributed by atoms with Crippen LogP contribution in [0.15, 0.2) is 276 Å². The SMILES string of the molecule is Cc1cccc(N(c2cccc3c2oc2ccccc23)c2cccc3c4c5ccc6c(c5ccc4n(-c4ccc5ncccc5c4)c23)c2cccc(N(c3cccc(C)c3)c3cccc4c3oc3ccccc34)c2n6-c2ccc3ncccc3c2)c1. The molecule has 0 saturated heterocycles. The molecule has 0 unspecified atom stereocenters. The number of fused-ring (bicyclic) bond motifs is 17. The molecule has 0 saturated carbocycles. The Hall–Kier alpha value is -11.5. The zero-order valence-electron chi connectivity index (χ0n) is 46.9. The number of aryl methyl sites for hydroxylation is 2. The summed E-state index contributed by atoms with van der Waals surface area (Å²) in [6.07, 6.45) is 3.73. The summed E-state index contributed by atoms with van der Waals surface area (Å²) in [5.74, 6) is 0. The molecule has 12 aromatic carbocycles. The lowest BCUT2D eigenvalue weighted by molar-refractivity contribution is 0.668. The Morgan fingerprint density at radius 2 is 0.744 bits per heavy atom. The molecule has 86 heavy (non-hydrogen) atoms. The van der Waals surface area contributed by atoms with Gasteiger partial charge in [-0.3, -0.25) is 9.97 Å². The Morgan fingerprint density at radius 3 is 1.21 bits per heavy atom. The quantitative estimate of drug-likeness (QED) is 0.151. The van der Waals surface area contributed by atoms with Crippen LogP contribution < -0.4 is 9.80 Å². The fourth-order valence-corrected chi connectivity index (χ4v) is 14.0. The van der Waals surface area contributed by atoms with Crippen molar-refractivity contribution in [1.82, 2.24) is 19.1 Å². The molecule has 0 radical (unpaired) electrons. The third kappa shape index (κ3) is 7.10. The average Bonchev–Trinajstić information content (AvgIpc) is 1.68.